The van der Waals surface area contributed by atoms with Gasteiger partial charge in [0.25, 0.3) is 0 Å². The number of rotatable bonds is 3. The summed E-state index contributed by atoms with van der Waals surface area (Å²) in [5.41, 5.74) is 0.816. The molecule has 0 atom stereocenters. The van der Waals surface area contributed by atoms with Crippen molar-refractivity contribution in [1.82, 2.24) is 29.5 Å². The Kier molecular flexibility index (Phi) is 3.09. The number of nitrogens with zero attached hydrogens (tertiary/aromatic N) is 6. The first-order valence-electron chi connectivity index (χ1n) is 5.71. The van der Waals surface area contributed by atoms with Crippen LogP contribution in [-0.4, -0.2) is 36.6 Å². The molecule has 3 heterocycles. The molecule has 0 aliphatic carbocycles. The maximum Gasteiger partial charge on any atom is 0.163 e. The van der Waals surface area contributed by atoms with Crippen molar-refractivity contribution in [3.05, 3.63) is 28.0 Å². The normalized spacial score (nSPS) is 11.1. The Morgan fingerprint density at radius 3 is 2.79 bits per heavy atom. The van der Waals surface area contributed by atoms with Crippen LogP contribution in [-0.2, 0) is 13.6 Å². The molecule has 19 heavy (non-hydrogen) atoms. The molecule has 98 valence electrons. The third kappa shape index (κ3) is 2.27. The van der Waals surface area contributed by atoms with Crippen molar-refractivity contribution in [3.63, 3.8) is 0 Å². The van der Waals surface area contributed by atoms with Crippen molar-refractivity contribution in [1.29, 1.82) is 0 Å². The number of hydrogen-bond donors (Lipinski definition) is 1. The summed E-state index contributed by atoms with van der Waals surface area (Å²) in [6.07, 6.45) is 5.53. The van der Waals surface area contributed by atoms with E-state index in [1.54, 1.807) is 10.9 Å². The van der Waals surface area contributed by atoms with Gasteiger partial charge >= 0.3 is 0 Å². The minimum Gasteiger partial charge on any atom is -0.372 e. The van der Waals surface area contributed by atoms with Crippen LogP contribution >= 0.6 is 22.6 Å². The quantitative estimate of drug-likeness (QED) is 0.704. The Hall–Kier alpha value is -1.71. The summed E-state index contributed by atoms with van der Waals surface area (Å²) in [6, 6.07) is 0. The maximum atomic E-state index is 4.53. The third-order valence-electron chi connectivity index (χ3n) is 2.78. The molecule has 0 aliphatic rings. The highest BCUT2D eigenvalue weighted by atomic mass is 127. The summed E-state index contributed by atoms with van der Waals surface area (Å²) >= 11 is 2.23. The van der Waals surface area contributed by atoms with E-state index in [-0.39, 0.29) is 0 Å². The van der Waals surface area contributed by atoms with E-state index in [2.05, 4.69) is 48.1 Å². The molecule has 0 aromatic carbocycles. The van der Waals surface area contributed by atoms with E-state index in [1.807, 2.05) is 31.2 Å². The fraction of sp³-hybridized carbons (Fsp3) is 0.273. The standard InChI is InChI=1S/C11H12IN7/c1-13-10-8-4-14-18(2)11(8)17-9(16-10)6-19-5-7(12)3-15-19/h3-5H,6H2,1-2H3,(H,13,16,17). The zero-order valence-corrected chi connectivity index (χ0v) is 12.7. The van der Waals surface area contributed by atoms with Gasteiger partial charge in [0, 0.05) is 20.3 Å². The van der Waals surface area contributed by atoms with Gasteiger partial charge in [0.2, 0.25) is 0 Å². The van der Waals surface area contributed by atoms with Gasteiger partial charge in [-0.15, -0.1) is 0 Å². The number of nitrogens with one attached hydrogen (secondary N) is 1. The van der Waals surface area contributed by atoms with Gasteiger partial charge in [0.15, 0.2) is 11.5 Å². The van der Waals surface area contributed by atoms with Gasteiger partial charge in [-0.3, -0.25) is 9.36 Å². The van der Waals surface area contributed by atoms with Crippen LogP contribution in [0.3, 0.4) is 0 Å². The lowest BCUT2D eigenvalue weighted by Gasteiger charge is -2.06. The Bertz CT molecular complexity index is 730. The van der Waals surface area contributed by atoms with Crippen LogP contribution in [0.25, 0.3) is 11.0 Å². The van der Waals surface area contributed by atoms with Crippen LogP contribution in [0.4, 0.5) is 5.82 Å². The largest absolute Gasteiger partial charge is 0.372 e. The predicted molar refractivity (Wildman–Crippen MR) is 79.9 cm³/mol. The van der Waals surface area contributed by atoms with Crippen LogP contribution in [0.15, 0.2) is 18.6 Å². The summed E-state index contributed by atoms with van der Waals surface area (Å²) in [4.78, 5) is 9.03. The Morgan fingerprint density at radius 1 is 1.26 bits per heavy atom. The average Bonchev–Trinajstić information content (AvgIpc) is 2.96. The molecule has 3 rings (SSSR count). The average molecular weight is 369 g/mol. The molecule has 0 spiro atoms. The van der Waals surface area contributed by atoms with Crippen LogP contribution in [0, 0.1) is 3.57 Å². The summed E-state index contributed by atoms with van der Waals surface area (Å²) in [6.45, 7) is 0.540. The number of halogens is 1. The monoisotopic (exact) mass is 369 g/mol. The minimum absolute atomic E-state index is 0.540. The zero-order chi connectivity index (χ0) is 13.4. The molecule has 3 aromatic heterocycles. The lowest BCUT2D eigenvalue weighted by molar-refractivity contribution is 0.655. The van der Waals surface area contributed by atoms with Crippen molar-refractivity contribution < 1.29 is 0 Å². The van der Waals surface area contributed by atoms with Gasteiger partial charge < -0.3 is 5.32 Å². The molecule has 3 aromatic rings. The molecule has 0 radical (unpaired) electrons. The topological polar surface area (TPSA) is 73.5 Å². The van der Waals surface area contributed by atoms with Crippen molar-refractivity contribution in [2.75, 3.05) is 12.4 Å². The molecule has 0 fully saturated rings. The fourth-order valence-electron chi connectivity index (χ4n) is 1.90. The van der Waals surface area contributed by atoms with E-state index in [0.717, 1.165) is 20.4 Å². The first-order chi connectivity index (χ1) is 9.17. The van der Waals surface area contributed by atoms with E-state index in [0.29, 0.717) is 12.4 Å². The molecule has 1 N–H and O–H groups in total. The van der Waals surface area contributed by atoms with E-state index < -0.39 is 0 Å². The van der Waals surface area contributed by atoms with E-state index >= 15 is 0 Å². The molecule has 0 saturated carbocycles. The van der Waals surface area contributed by atoms with Crippen molar-refractivity contribution in [2.24, 2.45) is 7.05 Å². The minimum atomic E-state index is 0.540. The highest BCUT2D eigenvalue weighted by Gasteiger charge is 2.11. The molecular formula is C11H12IN7. The van der Waals surface area contributed by atoms with Gasteiger partial charge in [-0.1, -0.05) is 0 Å². The number of aryl methyl sites for hydroxylation is 1. The van der Waals surface area contributed by atoms with Gasteiger partial charge in [0.05, 0.1) is 21.4 Å². The molecule has 8 heteroatoms. The Balaban J connectivity index is 2.06. The number of aromatic nitrogens is 6. The van der Waals surface area contributed by atoms with E-state index in [4.69, 9.17) is 0 Å². The number of fused-ring (bicyclic) bond motifs is 1. The fourth-order valence-corrected chi connectivity index (χ4v) is 2.34. The summed E-state index contributed by atoms with van der Waals surface area (Å²) in [7, 11) is 3.71. The molecule has 0 unspecified atom stereocenters. The first kappa shape index (κ1) is 12.3. The van der Waals surface area contributed by atoms with E-state index in [1.165, 1.54) is 0 Å². The van der Waals surface area contributed by atoms with Crippen molar-refractivity contribution in [2.45, 2.75) is 6.54 Å². The second kappa shape index (κ2) is 4.76. The second-order valence-corrected chi connectivity index (χ2v) is 5.35. The summed E-state index contributed by atoms with van der Waals surface area (Å²) in [5.74, 6) is 1.50. The van der Waals surface area contributed by atoms with Gasteiger partial charge in [0.1, 0.15) is 12.4 Å². The third-order valence-corrected chi connectivity index (χ3v) is 3.34. The maximum absolute atomic E-state index is 4.53. The van der Waals surface area contributed by atoms with E-state index in [9.17, 15) is 0 Å². The Labute approximate surface area is 123 Å². The van der Waals surface area contributed by atoms with Gasteiger partial charge in [-0.2, -0.15) is 10.2 Å². The van der Waals surface area contributed by atoms with Crippen LogP contribution < -0.4 is 5.32 Å². The molecule has 0 bridgehead atoms. The first-order valence-corrected chi connectivity index (χ1v) is 6.79. The number of hydrogen-bond acceptors (Lipinski definition) is 5. The Morgan fingerprint density at radius 2 is 2.11 bits per heavy atom. The molecule has 0 aliphatic heterocycles. The summed E-state index contributed by atoms with van der Waals surface area (Å²) < 4.78 is 4.65. The predicted octanol–water partition coefficient (Wildman–Crippen LogP) is 1.25. The summed E-state index contributed by atoms with van der Waals surface area (Å²) in [5, 5.41) is 12.4. The van der Waals surface area contributed by atoms with Crippen LogP contribution in [0.5, 0.6) is 0 Å². The highest BCUT2D eigenvalue weighted by Crippen LogP contribution is 2.19. The second-order valence-electron chi connectivity index (χ2n) is 4.10. The van der Waals surface area contributed by atoms with Crippen molar-refractivity contribution in [3.8, 4) is 0 Å². The number of anilines is 1. The van der Waals surface area contributed by atoms with Crippen LogP contribution in [0.1, 0.15) is 5.82 Å². The molecule has 0 saturated heterocycles. The SMILES string of the molecule is CNc1nc(Cn2cc(I)cn2)nc2c1cnn2C. The lowest BCUT2D eigenvalue weighted by atomic mass is 10.4. The smallest absolute Gasteiger partial charge is 0.163 e. The molecule has 7 nitrogen and oxygen atoms in total. The lowest BCUT2D eigenvalue weighted by Crippen LogP contribution is -2.08. The van der Waals surface area contributed by atoms with Gasteiger partial charge in [-0.05, 0) is 22.6 Å². The van der Waals surface area contributed by atoms with Crippen molar-refractivity contribution >= 4 is 39.4 Å². The zero-order valence-electron chi connectivity index (χ0n) is 10.5. The van der Waals surface area contributed by atoms with Gasteiger partial charge in [-0.25, -0.2) is 9.97 Å². The highest BCUT2D eigenvalue weighted by molar-refractivity contribution is 14.1. The molecular weight excluding hydrogens is 357 g/mol. The molecule has 0 amide bonds. The van der Waals surface area contributed by atoms with Crippen LogP contribution in [0.2, 0.25) is 0 Å².